The van der Waals surface area contributed by atoms with E-state index in [1.54, 1.807) is 16.9 Å². The molecule has 1 unspecified atom stereocenters. The highest BCUT2D eigenvalue weighted by Crippen LogP contribution is 2.22. The van der Waals surface area contributed by atoms with Gasteiger partial charge in [-0.15, -0.1) is 0 Å². The molecule has 108 valence electrons. The molecule has 0 amide bonds. The molecule has 0 saturated carbocycles. The zero-order valence-corrected chi connectivity index (χ0v) is 11.7. The van der Waals surface area contributed by atoms with Gasteiger partial charge in [0.25, 0.3) is 0 Å². The molecule has 1 aromatic carbocycles. The first kappa shape index (κ1) is 13.3. The molecule has 2 heterocycles. The summed E-state index contributed by atoms with van der Waals surface area (Å²) in [5, 5.41) is 11.3. The van der Waals surface area contributed by atoms with Gasteiger partial charge in [-0.25, -0.2) is 14.1 Å². The van der Waals surface area contributed by atoms with E-state index in [2.05, 4.69) is 20.5 Å². The van der Waals surface area contributed by atoms with Crippen molar-refractivity contribution < 1.29 is 4.39 Å². The van der Waals surface area contributed by atoms with Crippen molar-refractivity contribution in [3.05, 3.63) is 54.6 Å². The number of anilines is 1. The van der Waals surface area contributed by atoms with Crippen LogP contribution in [0.4, 0.5) is 10.1 Å². The van der Waals surface area contributed by atoms with Crippen molar-refractivity contribution >= 4 is 5.69 Å². The smallest absolute Gasteiger partial charge is 0.150 e. The minimum Gasteiger partial charge on any atom is -0.377 e. The van der Waals surface area contributed by atoms with E-state index in [-0.39, 0.29) is 11.9 Å². The third-order valence-corrected chi connectivity index (χ3v) is 3.30. The number of hydrogen-bond donors (Lipinski definition) is 1. The van der Waals surface area contributed by atoms with Crippen LogP contribution in [-0.4, -0.2) is 24.5 Å². The normalized spacial score (nSPS) is 12.3. The van der Waals surface area contributed by atoms with Crippen LogP contribution in [0, 0.1) is 5.82 Å². The number of halogens is 1. The summed E-state index contributed by atoms with van der Waals surface area (Å²) in [4.78, 5) is 3.81. The Bertz CT molecular complexity index is 734. The fourth-order valence-corrected chi connectivity index (χ4v) is 2.25. The second-order valence-electron chi connectivity index (χ2n) is 4.75. The zero-order chi connectivity index (χ0) is 14.8. The molecule has 21 heavy (non-hydrogen) atoms. The summed E-state index contributed by atoms with van der Waals surface area (Å²) >= 11 is 0. The van der Waals surface area contributed by atoms with Crippen molar-refractivity contribution in [3.8, 4) is 5.69 Å². The van der Waals surface area contributed by atoms with Gasteiger partial charge in [0.1, 0.15) is 18.3 Å². The van der Waals surface area contributed by atoms with Gasteiger partial charge in [0.15, 0.2) is 5.82 Å². The molecule has 0 bridgehead atoms. The van der Waals surface area contributed by atoms with Crippen LogP contribution in [0.5, 0.6) is 0 Å². The number of benzene rings is 1. The van der Waals surface area contributed by atoms with Gasteiger partial charge in [-0.3, -0.25) is 4.68 Å². The lowest BCUT2D eigenvalue weighted by atomic mass is 10.2. The van der Waals surface area contributed by atoms with E-state index in [9.17, 15) is 4.39 Å². The van der Waals surface area contributed by atoms with Crippen LogP contribution in [0.1, 0.15) is 18.7 Å². The van der Waals surface area contributed by atoms with Gasteiger partial charge in [-0.2, -0.15) is 10.2 Å². The van der Waals surface area contributed by atoms with Gasteiger partial charge < -0.3 is 5.32 Å². The largest absolute Gasteiger partial charge is 0.377 e. The van der Waals surface area contributed by atoms with E-state index >= 15 is 0 Å². The fourth-order valence-electron chi connectivity index (χ4n) is 2.25. The predicted molar refractivity (Wildman–Crippen MR) is 76.6 cm³/mol. The Kier molecular flexibility index (Phi) is 3.39. The second kappa shape index (κ2) is 5.35. The third kappa shape index (κ3) is 2.62. The maximum atomic E-state index is 14.1. The molecule has 0 aliphatic rings. The highest BCUT2D eigenvalue weighted by atomic mass is 19.1. The molecule has 2 aromatic heterocycles. The number of aryl methyl sites for hydroxylation is 1. The quantitative estimate of drug-likeness (QED) is 0.799. The molecule has 1 N–H and O–H groups in total. The third-order valence-electron chi connectivity index (χ3n) is 3.30. The van der Waals surface area contributed by atoms with Crippen LogP contribution in [0.25, 0.3) is 5.69 Å². The van der Waals surface area contributed by atoms with Crippen LogP contribution in [0.2, 0.25) is 0 Å². The maximum Gasteiger partial charge on any atom is 0.150 e. The second-order valence-corrected chi connectivity index (χ2v) is 4.75. The minimum atomic E-state index is -0.359. The highest BCUT2D eigenvalue weighted by molar-refractivity contribution is 5.50. The standard InChI is InChI=1S/C14H15FN6/c1-10(13-5-6-17-20(13)2)19-11-3-4-14(12(15)7-11)21-9-16-8-18-21/h3-10,19H,1-2H3. The van der Waals surface area contributed by atoms with E-state index in [1.807, 2.05) is 26.1 Å². The molecule has 3 rings (SSSR count). The average Bonchev–Trinajstić information content (AvgIpc) is 3.10. The lowest BCUT2D eigenvalue weighted by molar-refractivity contribution is 0.610. The summed E-state index contributed by atoms with van der Waals surface area (Å²) in [6.45, 7) is 2.00. The maximum absolute atomic E-state index is 14.1. The van der Waals surface area contributed by atoms with Gasteiger partial charge >= 0.3 is 0 Å². The first-order valence-electron chi connectivity index (χ1n) is 6.54. The average molecular weight is 286 g/mol. The van der Waals surface area contributed by atoms with Crippen LogP contribution >= 0.6 is 0 Å². The zero-order valence-electron chi connectivity index (χ0n) is 11.7. The molecular weight excluding hydrogens is 271 g/mol. The van der Waals surface area contributed by atoms with Gasteiger partial charge in [0, 0.05) is 18.9 Å². The highest BCUT2D eigenvalue weighted by Gasteiger charge is 2.11. The Morgan fingerprint density at radius 2 is 2.10 bits per heavy atom. The molecule has 0 fully saturated rings. The van der Waals surface area contributed by atoms with Crippen molar-refractivity contribution in [2.24, 2.45) is 7.05 Å². The van der Waals surface area contributed by atoms with E-state index in [4.69, 9.17) is 0 Å². The van der Waals surface area contributed by atoms with Crippen LogP contribution in [0.3, 0.4) is 0 Å². The van der Waals surface area contributed by atoms with E-state index < -0.39 is 0 Å². The monoisotopic (exact) mass is 286 g/mol. The Labute approximate surface area is 121 Å². The van der Waals surface area contributed by atoms with Gasteiger partial charge in [0.2, 0.25) is 0 Å². The Morgan fingerprint density at radius 1 is 1.24 bits per heavy atom. The number of rotatable bonds is 4. The number of aromatic nitrogens is 5. The Balaban J connectivity index is 1.81. The van der Waals surface area contributed by atoms with Gasteiger partial charge in [0.05, 0.1) is 11.7 Å². The van der Waals surface area contributed by atoms with Crippen molar-refractivity contribution in [2.45, 2.75) is 13.0 Å². The van der Waals surface area contributed by atoms with E-state index in [1.165, 1.54) is 23.4 Å². The van der Waals surface area contributed by atoms with Gasteiger partial charge in [-0.1, -0.05) is 0 Å². The molecule has 6 nitrogen and oxygen atoms in total. The van der Waals surface area contributed by atoms with Gasteiger partial charge in [-0.05, 0) is 31.2 Å². The molecule has 1 atom stereocenters. The van der Waals surface area contributed by atoms with Crippen LogP contribution < -0.4 is 5.32 Å². The van der Waals surface area contributed by atoms with Crippen LogP contribution in [0.15, 0.2) is 43.1 Å². The SMILES string of the molecule is CC(Nc1ccc(-n2cncn2)c(F)c1)c1ccnn1C. The van der Waals surface area contributed by atoms with Crippen molar-refractivity contribution in [1.29, 1.82) is 0 Å². The Hall–Kier alpha value is -2.70. The summed E-state index contributed by atoms with van der Waals surface area (Å²) < 4.78 is 17.3. The predicted octanol–water partition coefficient (Wildman–Crippen LogP) is 2.31. The minimum absolute atomic E-state index is 0.0223. The lowest BCUT2D eigenvalue weighted by Gasteiger charge is -2.16. The number of hydrogen-bond acceptors (Lipinski definition) is 4. The number of nitrogens with zero attached hydrogens (tertiary/aromatic N) is 5. The first-order chi connectivity index (χ1) is 10.1. The molecule has 0 saturated heterocycles. The summed E-state index contributed by atoms with van der Waals surface area (Å²) in [7, 11) is 1.88. The molecule has 0 aliphatic carbocycles. The summed E-state index contributed by atoms with van der Waals surface area (Å²) in [5.41, 5.74) is 2.09. The molecular formula is C14H15FN6. The molecule has 3 aromatic rings. The molecule has 0 radical (unpaired) electrons. The molecule has 7 heteroatoms. The molecule has 0 aliphatic heterocycles. The van der Waals surface area contributed by atoms with E-state index in [0.717, 1.165) is 5.69 Å². The van der Waals surface area contributed by atoms with Crippen LogP contribution in [-0.2, 0) is 7.05 Å². The van der Waals surface area contributed by atoms with Crippen molar-refractivity contribution in [1.82, 2.24) is 24.5 Å². The van der Waals surface area contributed by atoms with E-state index in [0.29, 0.717) is 11.4 Å². The first-order valence-corrected chi connectivity index (χ1v) is 6.54. The lowest BCUT2D eigenvalue weighted by Crippen LogP contribution is -2.11. The Morgan fingerprint density at radius 3 is 2.71 bits per heavy atom. The molecule has 0 spiro atoms. The fraction of sp³-hybridized carbons (Fsp3) is 0.214. The van der Waals surface area contributed by atoms with Crippen molar-refractivity contribution in [2.75, 3.05) is 5.32 Å². The summed E-state index contributed by atoms with van der Waals surface area (Å²) in [6, 6.07) is 6.88. The topological polar surface area (TPSA) is 60.6 Å². The summed E-state index contributed by atoms with van der Waals surface area (Å²) in [6.07, 6.45) is 4.57. The summed E-state index contributed by atoms with van der Waals surface area (Å²) in [5.74, 6) is -0.359. The van der Waals surface area contributed by atoms with Crippen molar-refractivity contribution in [3.63, 3.8) is 0 Å². The number of nitrogens with one attached hydrogen (secondary N) is 1.